The molecule has 0 radical (unpaired) electrons. The summed E-state index contributed by atoms with van der Waals surface area (Å²) in [6.45, 7) is 1.84. The van der Waals surface area contributed by atoms with Crippen molar-refractivity contribution in [2.75, 3.05) is 18.1 Å². The number of nitrogens with zero attached hydrogens (tertiary/aromatic N) is 2. The Labute approximate surface area is 117 Å². The molecule has 0 saturated heterocycles. The van der Waals surface area contributed by atoms with E-state index in [0.29, 0.717) is 31.1 Å². The minimum absolute atomic E-state index is 0.169. The summed E-state index contributed by atoms with van der Waals surface area (Å²) in [5, 5.41) is 0. The molecule has 4 nitrogen and oxygen atoms in total. The van der Waals surface area contributed by atoms with Crippen molar-refractivity contribution in [1.29, 1.82) is 0 Å². The van der Waals surface area contributed by atoms with E-state index >= 15 is 0 Å². The lowest BCUT2D eigenvalue weighted by Gasteiger charge is -2.22. The van der Waals surface area contributed by atoms with Crippen LogP contribution in [0.5, 0.6) is 5.75 Å². The summed E-state index contributed by atoms with van der Waals surface area (Å²) in [5.74, 6) is 0.855. The highest BCUT2D eigenvalue weighted by molar-refractivity contribution is 5.46. The van der Waals surface area contributed by atoms with E-state index in [1.165, 1.54) is 0 Å². The van der Waals surface area contributed by atoms with Gasteiger partial charge in [0.2, 0.25) is 0 Å². The zero-order valence-electron chi connectivity index (χ0n) is 11.1. The largest absolute Gasteiger partial charge is 0.491 e. The third-order valence-electron chi connectivity index (χ3n) is 3.42. The molecule has 2 N–H and O–H groups in total. The lowest BCUT2D eigenvalue weighted by Crippen LogP contribution is -2.27. The molecule has 20 heavy (non-hydrogen) atoms. The van der Waals surface area contributed by atoms with Crippen molar-refractivity contribution in [2.45, 2.75) is 13.1 Å². The van der Waals surface area contributed by atoms with Gasteiger partial charge < -0.3 is 15.4 Å². The molecule has 0 atom stereocenters. The van der Waals surface area contributed by atoms with Gasteiger partial charge in [0.05, 0.1) is 6.54 Å². The summed E-state index contributed by atoms with van der Waals surface area (Å²) in [6, 6.07) is 9.41. The van der Waals surface area contributed by atoms with Crippen LogP contribution in [0, 0.1) is 5.82 Å². The molecule has 1 aliphatic heterocycles. The highest BCUT2D eigenvalue weighted by Crippen LogP contribution is 2.27. The fraction of sp³-hybridized carbons (Fsp3) is 0.267. The van der Waals surface area contributed by atoms with Crippen LogP contribution in [0.3, 0.4) is 0 Å². The molecule has 2 aromatic rings. The van der Waals surface area contributed by atoms with Crippen molar-refractivity contribution in [1.82, 2.24) is 4.98 Å². The maximum absolute atomic E-state index is 14.3. The summed E-state index contributed by atoms with van der Waals surface area (Å²) in [5.41, 5.74) is 7.06. The fourth-order valence-electron chi connectivity index (χ4n) is 2.36. The second-order valence-corrected chi connectivity index (χ2v) is 4.69. The average Bonchev–Trinajstić information content (AvgIpc) is 2.69. The van der Waals surface area contributed by atoms with E-state index in [4.69, 9.17) is 10.5 Å². The van der Waals surface area contributed by atoms with Crippen LogP contribution in [-0.4, -0.2) is 18.1 Å². The molecule has 1 aromatic carbocycles. The number of hydrogen-bond acceptors (Lipinski definition) is 4. The monoisotopic (exact) mass is 273 g/mol. The molecule has 0 amide bonds. The Morgan fingerprint density at radius 2 is 2.15 bits per heavy atom. The number of fused-ring (bicyclic) bond motifs is 1. The van der Waals surface area contributed by atoms with E-state index in [1.807, 2.05) is 29.2 Å². The van der Waals surface area contributed by atoms with Crippen molar-refractivity contribution >= 4 is 5.82 Å². The molecular weight excluding hydrogens is 257 g/mol. The van der Waals surface area contributed by atoms with Gasteiger partial charge >= 0.3 is 0 Å². The lowest BCUT2D eigenvalue weighted by atomic mass is 10.2. The molecule has 104 valence electrons. The van der Waals surface area contributed by atoms with Crippen molar-refractivity contribution in [3.63, 3.8) is 0 Å². The van der Waals surface area contributed by atoms with E-state index in [2.05, 4.69) is 4.98 Å². The Morgan fingerprint density at radius 3 is 3.00 bits per heavy atom. The molecule has 2 heterocycles. The van der Waals surface area contributed by atoms with Gasteiger partial charge in [-0.25, -0.2) is 9.37 Å². The molecule has 0 spiro atoms. The molecule has 1 aliphatic rings. The molecular formula is C15H16FN3O. The Hall–Kier alpha value is -2.14. The van der Waals surface area contributed by atoms with Crippen molar-refractivity contribution in [3.05, 3.63) is 53.5 Å². The third-order valence-corrected chi connectivity index (χ3v) is 3.42. The Kier molecular flexibility index (Phi) is 3.52. The highest BCUT2D eigenvalue weighted by atomic mass is 19.1. The molecule has 5 heteroatoms. The van der Waals surface area contributed by atoms with Gasteiger partial charge in [-0.05, 0) is 12.1 Å². The van der Waals surface area contributed by atoms with Gasteiger partial charge in [0.1, 0.15) is 12.4 Å². The quantitative estimate of drug-likeness (QED) is 0.910. The highest BCUT2D eigenvalue weighted by Gasteiger charge is 2.20. The van der Waals surface area contributed by atoms with Crippen molar-refractivity contribution in [3.8, 4) is 5.75 Å². The van der Waals surface area contributed by atoms with Gasteiger partial charge in [0.15, 0.2) is 11.6 Å². The van der Waals surface area contributed by atoms with E-state index in [9.17, 15) is 4.39 Å². The Morgan fingerprint density at radius 1 is 1.30 bits per heavy atom. The number of benzene rings is 1. The second kappa shape index (κ2) is 5.46. The third kappa shape index (κ3) is 2.32. The molecule has 0 aliphatic carbocycles. The molecule has 0 fully saturated rings. The van der Waals surface area contributed by atoms with Crippen molar-refractivity contribution < 1.29 is 9.13 Å². The molecule has 3 rings (SSSR count). The van der Waals surface area contributed by atoms with Gasteiger partial charge in [0, 0.05) is 30.4 Å². The van der Waals surface area contributed by atoms with Crippen LogP contribution < -0.4 is 15.4 Å². The smallest absolute Gasteiger partial charge is 0.170 e. The number of halogens is 1. The standard InChI is InChI=1S/C15H16FN3O/c16-14-11(9-17)5-6-18-15(14)19-7-8-20-13-4-2-1-3-12(13)10-19/h1-6H,7-10,17H2. The minimum atomic E-state index is -0.339. The van der Waals surface area contributed by atoms with E-state index in [1.54, 1.807) is 12.3 Å². The normalized spacial score (nSPS) is 14.4. The van der Waals surface area contributed by atoms with Crippen LogP contribution in [0.15, 0.2) is 36.5 Å². The molecule has 0 unspecified atom stereocenters. The molecule has 0 saturated carbocycles. The first-order chi connectivity index (χ1) is 9.79. The van der Waals surface area contributed by atoms with Crippen LogP contribution in [0.4, 0.5) is 10.2 Å². The van der Waals surface area contributed by atoms with Gasteiger partial charge in [0.25, 0.3) is 0 Å². The number of anilines is 1. The number of rotatable bonds is 2. The number of hydrogen-bond donors (Lipinski definition) is 1. The van der Waals surface area contributed by atoms with E-state index < -0.39 is 0 Å². The summed E-state index contributed by atoms with van der Waals surface area (Å²) >= 11 is 0. The first-order valence-electron chi connectivity index (χ1n) is 6.58. The van der Waals surface area contributed by atoms with Crippen LogP contribution in [0.1, 0.15) is 11.1 Å². The minimum Gasteiger partial charge on any atom is -0.491 e. The number of para-hydroxylation sites is 1. The van der Waals surface area contributed by atoms with Gasteiger partial charge in [-0.2, -0.15) is 0 Å². The fourth-order valence-corrected chi connectivity index (χ4v) is 2.36. The lowest BCUT2D eigenvalue weighted by molar-refractivity contribution is 0.331. The van der Waals surface area contributed by atoms with Crippen LogP contribution >= 0.6 is 0 Å². The number of ether oxygens (including phenoxy) is 1. The average molecular weight is 273 g/mol. The Bertz CT molecular complexity index is 618. The molecule has 0 bridgehead atoms. The maximum atomic E-state index is 14.3. The number of nitrogens with two attached hydrogens (primary N) is 1. The number of aromatic nitrogens is 1. The van der Waals surface area contributed by atoms with Crippen molar-refractivity contribution in [2.24, 2.45) is 5.73 Å². The summed E-state index contributed by atoms with van der Waals surface area (Å²) in [6.07, 6.45) is 1.60. The predicted octanol–water partition coefficient (Wildman–Crippen LogP) is 2.08. The van der Waals surface area contributed by atoms with Crippen LogP contribution in [-0.2, 0) is 13.1 Å². The Balaban J connectivity index is 1.95. The maximum Gasteiger partial charge on any atom is 0.170 e. The van der Waals surface area contributed by atoms with Crippen LogP contribution in [0.25, 0.3) is 0 Å². The number of pyridine rings is 1. The summed E-state index contributed by atoms with van der Waals surface area (Å²) in [7, 11) is 0. The van der Waals surface area contributed by atoms with Crippen LogP contribution in [0.2, 0.25) is 0 Å². The van der Waals surface area contributed by atoms with Gasteiger partial charge in [-0.15, -0.1) is 0 Å². The van der Waals surface area contributed by atoms with E-state index in [0.717, 1.165) is 11.3 Å². The SMILES string of the molecule is NCc1ccnc(N2CCOc3ccccc3C2)c1F. The zero-order valence-corrected chi connectivity index (χ0v) is 11.1. The first kappa shape index (κ1) is 12.9. The zero-order chi connectivity index (χ0) is 13.9. The van der Waals surface area contributed by atoms with Gasteiger partial charge in [-0.3, -0.25) is 0 Å². The first-order valence-corrected chi connectivity index (χ1v) is 6.58. The topological polar surface area (TPSA) is 51.4 Å². The predicted molar refractivity (Wildman–Crippen MR) is 75.1 cm³/mol. The molecule has 1 aromatic heterocycles. The van der Waals surface area contributed by atoms with Gasteiger partial charge in [-0.1, -0.05) is 18.2 Å². The van der Waals surface area contributed by atoms with E-state index in [-0.39, 0.29) is 12.4 Å². The second-order valence-electron chi connectivity index (χ2n) is 4.69. The summed E-state index contributed by atoms with van der Waals surface area (Å²) in [4.78, 5) is 6.05. The summed E-state index contributed by atoms with van der Waals surface area (Å²) < 4.78 is 20.0.